The average Bonchev–Trinajstić information content (AvgIpc) is 2.82. The summed E-state index contributed by atoms with van der Waals surface area (Å²) >= 11 is 0. The van der Waals surface area contributed by atoms with E-state index in [1.54, 1.807) is 6.92 Å². The fraction of sp³-hybridized carbons (Fsp3) is 0.280. The van der Waals surface area contributed by atoms with E-state index in [2.05, 4.69) is 20.6 Å². The Labute approximate surface area is 206 Å². The fourth-order valence-corrected chi connectivity index (χ4v) is 3.80. The SMILES string of the molecule is CC(=N)c1ccc(CNC(=O)Cn2c(-c3cc(N)nc(C(=O)O)c3)cnc(NC3CCC3)c2=O)cc1. The number of aromatic carboxylic acids is 1. The van der Waals surface area contributed by atoms with Crippen LogP contribution in [0.15, 0.2) is 47.4 Å². The first kappa shape index (κ1) is 24.6. The minimum atomic E-state index is -1.27. The van der Waals surface area contributed by atoms with Gasteiger partial charge in [0.05, 0.1) is 11.9 Å². The Balaban J connectivity index is 1.62. The van der Waals surface area contributed by atoms with E-state index in [-0.39, 0.29) is 42.2 Å². The molecule has 6 N–H and O–H groups in total. The van der Waals surface area contributed by atoms with Crippen molar-refractivity contribution in [2.24, 2.45) is 0 Å². The third-order valence-corrected chi connectivity index (χ3v) is 6.04. The molecule has 11 heteroatoms. The van der Waals surface area contributed by atoms with Crippen LogP contribution in [0.4, 0.5) is 11.6 Å². The van der Waals surface area contributed by atoms with E-state index >= 15 is 0 Å². The highest BCUT2D eigenvalue weighted by atomic mass is 16.4. The summed E-state index contributed by atoms with van der Waals surface area (Å²) in [5.74, 6) is -1.58. The van der Waals surface area contributed by atoms with Crippen LogP contribution in [0.25, 0.3) is 11.3 Å². The van der Waals surface area contributed by atoms with E-state index in [1.807, 2.05) is 24.3 Å². The molecule has 0 radical (unpaired) electrons. The lowest BCUT2D eigenvalue weighted by atomic mass is 9.93. The van der Waals surface area contributed by atoms with Crippen molar-refractivity contribution < 1.29 is 14.7 Å². The lowest BCUT2D eigenvalue weighted by Gasteiger charge is -2.27. The highest BCUT2D eigenvalue weighted by molar-refractivity contribution is 5.96. The first-order valence-electron chi connectivity index (χ1n) is 11.5. The maximum Gasteiger partial charge on any atom is 0.354 e. The van der Waals surface area contributed by atoms with Gasteiger partial charge in [0.15, 0.2) is 11.5 Å². The first-order chi connectivity index (χ1) is 17.2. The van der Waals surface area contributed by atoms with E-state index < -0.39 is 17.4 Å². The largest absolute Gasteiger partial charge is 0.477 e. The van der Waals surface area contributed by atoms with Crippen molar-refractivity contribution in [2.45, 2.75) is 45.3 Å². The Morgan fingerprint density at radius 2 is 1.94 bits per heavy atom. The second kappa shape index (κ2) is 10.4. The number of anilines is 2. The van der Waals surface area contributed by atoms with E-state index in [0.29, 0.717) is 11.3 Å². The molecule has 1 aliphatic carbocycles. The van der Waals surface area contributed by atoms with Crippen molar-refractivity contribution in [3.63, 3.8) is 0 Å². The summed E-state index contributed by atoms with van der Waals surface area (Å²) in [5, 5.41) is 23.0. The van der Waals surface area contributed by atoms with Gasteiger partial charge in [0.2, 0.25) is 5.91 Å². The Morgan fingerprint density at radius 3 is 2.56 bits per heavy atom. The molecule has 0 atom stereocenters. The number of rotatable bonds is 9. The zero-order chi connectivity index (χ0) is 25.8. The fourth-order valence-electron chi connectivity index (χ4n) is 3.80. The first-order valence-corrected chi connectivity index (χ1v) is 11.5. The molecule has 36 heavy (non-hydrogen) atoms. The molecule has 0 unspecified atom stereocenters. The van der Waals surface area contributed by atoms with Gasteiger partial charge in [-0.1, -0.05) is 24.3 Å². The Morgan fingerprint density at radius 1 is 1.22 bits per heavy atom. The van der Waals surface area contributed by atoms with Crippen molar-refractivity contribution in [2.75, 3.05) is 11.1 Å². The van der Waals surface area contributed by atoms with Gasteiger partial charge in [-0.15, -0.1) is 0 Å². The number of carboxylic acids is 1. The van der Waals surface area contributed by atoms with Crippen LogP contribution in [0.2, 0.25) is 0 Å². The smallest absolute Gasteiger partial charge is 0.354 e. The van der Waals surface area contributed by atoms with Gasteiger partial charge < -0.3 is 26.9 Å². The number of carbonyl (C=O) groups excluding carboxylic acids is 1. The van der Waals surface area contributed by atoms with Crippen molar-refractivity contribution in [3.8, 4) is 11.3 Å². The van der Waals surface area contributed by atoms with Crippen LogP contribution >= 0.6 is 0 Å². The van der Waals surface area contributed by atoms with Crippen molar-refractivity contribution in [1.82, 2.24) is 19.9 Å². The van der Waals surface area contributed by atoms with Gasteiger partial charge in [-0.25, -0.2) is 14.8 Å². The van der Waals surface area contributed by atoms with Crippen LogP contribution in [-0.4, -0.2) is 43.3 Å². The van der Waals surface area contributed by atoms with Crippen LogP contribution in [0.5, 0.6) is 0 Å². The van der Waals surface area contributed by atoms with Gasteiger partial charge in [-0.2, -0.15) is 0 Å². The van der Waals surface area contributed by atoms with E-state index in [1.165, 1.54) is 22.9 Å². The summed E-state index contributed by atoms with van der Waals surface area (Å²) in [6, 6.07) is 10.1. The van der Waals surface area contributed by atoms with Crippen molar-refractivity contribution in [3.05, 3.63) is 69.8 Å². The lowest BCUT2D eigenvalue weighted by Crippen LogP contribution is -2.37. The summed E-state index contributed by atoms with van der Waals surface area (Å²) in [5.41, 5.74) is 7.67. The van der Waals surface area contributed by atoms with Gasteiger partial charge in [0.25, 0.3) is 5.56 Å². The number of benzene rings is 1. The Hall–Kier alpha value is -4.54. The van der Waals surface area contributed by atoms with Gasteiger partial charge in [-0.05, 0) is 49.4 Å². The molecule has 0 aliphatic heterocycles. The molecular weight excluding hydrogens is 462 g/mol. The molecule has 1 saturated carbocycles. The lowest BCUT2D eigenvalue weighted by molar-refractivity contribution is -0.121. The number of amides is 1. The maximum atomic E-state index is 13.3. The molecule has 186 valence electrons. The number of nitrogens with zero attached hydrogens (tertiary/aromatic N) is 3. The highest BCUT2D eigenvalue weighted by Crippen LogP contribution is 2.24. The molecule has 0 bridgehead atoms. The number of nitrogen functional groups attached to an aromatic ring is 1. The van der Waals surface area contributed by atoms with Crippen molar-refractivity contribution >= 4 is 29.2 Å². The van der Waals surface area contributed by atoms with Gasteiger partial charge in [-0.3, -0.25) is 14.2 Å². The maximum absolute atomic E-state index is 13.3. The number of pyridine rings is 1. The molecule has 2 aromatic heterocycles. The van der Waals surface area contributed by atoms with Crippen LogP contribution in [0.3, 0.4) is 0 Å². The molecule has 0 saturated heterocycles. The molecule has 0 spiro atoms. The highest BCUT2D eigenvalue weighted by Gasteiger charge is 2.22. The number of nitrogens with two attached hydrogens (primary N) is 1. The molecule has 3 aromatic rings. The van der Waals surface area contributed by atoms with Gasteiger partial charge in [0, 0.05) is 23.9 Å². The van der Waals surface area contributed by atoms with Gasteiger partial charge >= 0.3 is 5.97 Å². The number of hydrogen-bond acceptors (Lipinski definition) is 8. The standard InChI is InChI=1S/C25H27N7O4/c1-14(26)16-7-5-15(6-8-16)11-28-22(33)13-32-20(17-9-19(25(35)36)31-21(27)10-17)12-29-23(24(32)34)30-18-3-2-4-18/h5-10,12,18,26H,2-4,11,13H2,1H3,(H2,27,31)(H,28,33)(H,29,30)(H,35,36). The normalized spacial score (nSPS) is 13.0. The molecule has 1 amide bonds. The topological polar surface area (TPSA) is 176 Å². The number of carbonyl (C=O) groups is 2. The third-order valence-electron chi connectivity index (χ3n) is 6.04. The number of hydrogen-bond donors (Lipinski definition) is 5. The summed E-state index contributed by atoms with van der Waals surface area (Å²) < 4.78 is 1.26. The van der Waals surface area contributed by atoms with Gasteiger partial charge in [0.1, 0.15) is 12.4 Å². The zero-order valence-corrected chi connectivity index (χ0v) is 19.7. The van der Waals surface area contributed by atoms with Crippen LogP contribution < -0.4 is 21.9 Å². The Bertz CT molecular complexity index is 1380. The molecule has 1 aliphatic rings. The Kier molecular flexibility index (Phi) is 7.09. The molecule has 4 rings (SSSR count). The second-order valence-electron chi connectivity index (χ2n) is 8.73. The van der Waals surface area contributed by atoms with Crippen LogP contribution in [0.1, 0.15) is 47.8 Å². The van der Waals surface area contributed by atoms with Crippen LogP contribution in [-0.2, 0) is 17.9 Å². The monoisotopic (exact) mass is 489 g/mol. The van der Waals surface area contributed by atoms with E-state index in [0.717, 1.165) is 30.4 Å². The predicted molar refractivity (Wildman–Crippen MR) is 135 cm³/mol. The quantitative estimate of drug-likeness (QED) is 0.284. The number of carboxylic acid groups (broad SMARTS) is 1. The minimum absolute atomic E-state index is 0.0337. The molecule has 1 aromatic carbocycles. The summed E-state index contributed by atoms with van der Waals surface area (Å²) in [6.07, 6.45) is 4.36. The molecule has 1 fully saturated rings. The predicted octanol–water partition coefficient (Wildman–Crippen LogP) is 2.25. The second-order valence-corrected chi connectivity index (χ2v) is 8.73. The zero-order valence-electron chi connectivity index (χ0n) is 19.7. The summed E-state index contributed by atoms with van der Waals surface area (Å²) in [6.45, 7) is 1.63. The summed E-state index contributed by atoms with van der Waals surface area (Å²) in [7, 11) is 0. The minimum Gasteiger partial charge on any atom is -0.477 e. The van der Waals surface area contributed by atoms with E-state index in [4.69, 9.17) is 11.1 Å². The third kappa shape index (κ3) is 5.57. The summed E-state index contributed by atoms with van der Waals surface area (Å²) in [4.78, 5) is 45.7. The van der Waals surface area contributed by atoms with Crippen LogP contribution in [0, 0.1) is 5.41 Å². The molecular formula is C25H27N7O4. The molecule has 2 heterocycles. The number of aromatic nitrogens is 3. The number of nitrogens with one attached hydrogen (secondary N) is 3. The average molecular weight is 490 g/mol. The molecule has 11 nitrogen and oxygen atoms in total. The van der Waals surface area contributed by atoms with E-state index in [9.17, 15) is 19.5 Å². The van der Waals surface area contributed by atoms with Crippen molar-refractivity contribution in [1.29, 1.82) is 5.41 Å².